The topological polar surface area (TPSA) is 52.9 Å². The molecule has 140 valence electrons. The molecule has 0 fully saturated rings. The molecule has 3 rings (SSSR count). The number of fused-ring (bicyclic) bond motifs is 1. The van der Waals surface area contributed by atoms with E-state index in [4.69, 9.17) is 5.11 Å². The standard InChI is InChI=1S/C23H26N2O2/c1-6-25-21-10-15(2)18(12-20(21)16(3)13-23(25,4)5)14-24-19-9-7-8-17(11-19)22(26)27/h7-14H,6H2,1-5H3,(H,26,27). The Bertz CT molecular complexity index is 955. The van der Waals surface area contributed by atoms with Gasteiger partial charge in [-0.3, -0.25) is 4.99 Å². The van der Waals surface area contributed by atoms with Gasteiger partial charge in [0.1, 0.15) is 0 Å². The van der Waals surface area contributed by atoms with Gasteiger partial charge in [-0.25, -0.2) is 4.79 Å². The Kier molecular flexibility index (Phi) is 4.92. The van der Waals surface area contributed by atoms with Crippen molar-refractivity contribution < 1.29 is 9.90 Å². The highest BCUT2D eigenvalue weighted by Gasteiger charge is 2.30. The molecular weight excluding hydrogens is 336 g/mol. The predicted octanol–water partition coefficient (Wildman–Crippen LogP) is 5.47. The molecule has 1 N–H and O–H groups in total. The van der Waals surface area contributed by atoms with Gasteiger partial charge < -0.3 is 10.0 Å². The summed E-state index contributed by atoms with van der Waals surface area (Å²) in [6.07, 6.45) is 4.13. The lowest BCUT2D eigenvalue weighted by molar-refractivity contribution is 0.0697. The van der Waals surface area contributed by atoms with Gasteiger partial charge in [0.2, 0.25) is 0 Å². The van der Waals surface area contributed by atoms with Crippen molar-refractivity contribution in [1.82, 2.24) is 0 Å². The van der Waals surface area contributed by atoms with E-state index in [1.807, 2.05) is 12.3 Å². The molecule has 1 aliphatic heterocycles. The summed E-state index contributed by atoms with van der Waals surface area (Å²) in [4.78, 5) is 18.0. The van der Waals surface area contributed by atoms with Crippen LogP contribution in [0.3, 0.4) is 0 Å². The lowest BCUT2D eigenvalue weighted by Gasteiger charge is -2.43. The van der Waals surface area contributed by atoms with Crippen molar-refractivity contribution in [3.05, 3.63) is 64.7 Å². The molecule has 0 radical (unpaired) electrons. The summed E-state index contributed by atoms with van der Waals surface area (Å²) in [6.45, 7) is 11.8. The van der Waals surface area contributed by atoms with Crippen molar-refractivity contribution in [2.24, 2.45) is 4.99 Å². The molecule has 4 nitrogen and oxygen atoms in total. The van der Waals surface area contributed by atoms with Crippen LogP contribution in [0.25, 0.3) is 5.57 Å². The molecule has 1 heterocycles. The lowest BCUT2D eigenvalue weighted by atomic mass is 9.87. The minimum absolute atomic E-state index is 0.00878. The van der Waals surface area contributed by atoms with E-state index < -0.39 is 5.97 Å². The van der Waals surface area contributed by atoms with Gasteiger partial charge in [0.25, 0.3) is 0 Å². The number of carbonyl (C=O) groups is 1. The average molecular weight is 362 g/mol. The van der Waals surface area contributed by atoms with Crippen LogP contribution < -0.4 is 4.90 Å². The van der Waals surface area contributed by atoms with Crippen molar-refractivity contribution >= 4 is 29.1 Å². The molecule has 2 aromatic carbocycles. The summed E-state index contributed by atoms with van der Waals surface area (Å²) in [6, 6.07) is 11.1. The Hall–Kier alpha value is -2.88. The van der Waals surface area contributed by atoms with Crippen LogP contribution in [-0.4, -0.2) is 29.4 Å². The molecule has 0 atom stereocenters. The van der Waals surface area contributed by atoms with Gasteiger partial charge in [-0.2, -0.15) is 0 Å². The van der Waals surface area contributed by atoms with Gasteiger partial charge in [-0.1, -0.05) is 12.1 Å². The van der Waals surface area contributed by atoms with E-state index in [-0.39, 0.29) is 11.1 Å². The van der Waals surface area contributed by atoms with E-state index in [0.717, 1.165) is 17.7 Å². The van der Waals surface area contributed by atoms with Crippen LogP contribution in [0.4, 0.5) is 11.4 Å². The van der Waals surface area contributed by atoms with E-state index in [2.05, 4.69) is 62.7 Å². The van der Waals surface area contributed by atoms with Gasteiger partial charge >= 0.3 is 5.97 Å². The number of rotatable bonds is 4. The molecule has 1 aliphatic rings. The first-order valence-corrected chi connectivity index (χ1v) is 9.22. The maximum absolute atomic E-state index is 11.1. The van der Waals surface area contributed by atoms with Crippen LogP contribution in [0.15, 0.2) is 47.5 Å². The maximum Gasteiger partial charge on any atom is 0.335 e. The third-order valence-corrected chi connectivity index (χ3v) is 5.13. The molecule has 0 aromatic heterocycles. The Morgan fingerprint density at radius 3 is 2.63 bits per heavy atom. The first kappa shape index (κ1) is 18.9. The third kappa shape index (κ3) is 3.65. The van der Waals surface area contributed by atoms with Crippen molar-refractivity contribution in [3.8, 4) is 0 Å². The number of carboxylic acids is 1. The van der Waals surface area contributed by atoms with Crippen molar-refractivity contribution in [2.75, 3.05) is 11.4 Å². The number of allylic oxidation sites excluding steroid dienone is 1. The van der Waals surface area contributed by atoms with Crippen LogP contribution in [0.1, 0.15) is 54.7 Å². The second-order valence-electron chi connectivity index (χ2n) is 7.56. The number of carboxylic acid groups (broad SMARTS) is 1. The molecule has 2 aromatic rings. The van der Waals surface area contributed by atoms with Crippen molar-refractivity contribution in [1.29, 1.82) is 0 Å². The highest BCUT2D eigenvalue weighted by Crippen LogP contribution is 2.39. The number of likely N-dealkylation sites (N-methyl/N-ethyl adjacent to an activating group) is 1. The number of benzene rings is 2. The number of hydrogen-bond donors (Lipinski definition) is 1. The van der Waals surface area contributed by atoms with Crippen LogP contribution in [0, 0.1) is 6.92 Å². The SMILES string of the molecule is CCN1c2cc(C)c(C=Nc3cccc(C(=O)O)c3)cc2C(C)=CC1(C)C. The Morgan fingerprint density at radius 2 is 1.96 bits per heavy atom. The van der Waals surface area contributed by atoms with E-state index in [1.54, 1.807) is 18.2 Å². The highest BCUT2D eigenvalue weighted by molar-refractivity contribution is 5.91. The number of aryl methyl sites for hydroxylation is 1. The lowest BCUT2D eigenvalue weighted by Crippen LogP contribution is -2.45. The smallest absolute Gasteiger partial charge is 0.335 e. The summed E-state index contributed by atoms with van der Waals surface area (Å²) < 4.78 is 0. The fraction of sp³-hybridized carbons (Fsp3) is 0.304. The Balaban J connectivity index is 2.01. The average Bonchev–Trinajstić information content (AvgIpc) is 2.60. The largest absolute Gasteiger partial charge is 0.478 e. The summed E-state index contributed by atoms with van der Waals surface area (Å²) in [5.74, 6) is -0.944. The second kappa shape index (κ2) is 7.03. The minimum atomic E-state index is -0.944. The summed E-state index contributed by atoms with van der Waals surface area (Å²) in [5, 5.41) is 9.13. The second-order valence-corrected chi connectivity index (χ2v) is 7.56. The molecule has 0 unspecified atom stereocenters. The molecular formula is C23H26N2O2. The minimum Gasteiger partial charge on any atom is -0.478 e. The van der Waals surface area contributed by atoms with E-state index >= 15 is 0 Å². The molecule has 0 saturated carbocycles. The monoisotopic (exact) mass is 362 g/mol. The molecule has 0 saturated heterocycles. The Morgan fingerprint density at radius 1 is 1.22 bits per heavy atom. The first-order valence-electron chi connectivity index (χ1n) is 9.22. The fourth-order valence-corrected chi connectivity index (χ4v) is 3.82. The number of aliphatic imine (C=N–C) groups is 1. The van der Waals surface area contributed by atoms with Gasteiger partial charge in [0.05, 0.1) is 16.8 Å². The fourth-order valence-electron chi connectivity index (χ4n) is 3.82. The van der Waals surface area contributed by atoms with E-state index in [0.29, 0.717) is 5.69 Å². The molecule has 4 heteroatoms. The third-order valence-electron chi connectivity index (χ3n) is 5.13. The maximum atomic E-state index is 11.1. The number of aromatic carboxylic acids is 1. The van der Waals surface area contributed by atoms with Gasteiger partial charge in [-0.05, 0) is 81.7 Å². The van der Waals surface area contributed by atoms with E-state index in [1.165, 1.54) is 16.8 Å². The number of hydrogen-bond acceptors (Lipinski definition) is 3. The van der Waals surface area contributed by atoms with Crippen molar-refractivity contribution in [2.45, 2.75) is 40.2 Å². The van der Waals surface area contributed by atoms with Crippen molar-refractivity contribution in [3.63, 3.8) is 0 Å². The molecule has 0 aliphatic carbocycles. The summed E-state index contributed by atoms with van der Waals surface area (Å²) in [7, 11) is 0. The van der Waals surface area contributed by atoms with Gasteiger partial charge in [0, 0.05) is 24.0 Å². The summed E-state index contributed by atoms with van der Waals surface area (Å²) in [5.41, 5.74) is 6.80. The van der Waals surface area contributed by atoms with Crippen LogP contribution in [0.2, 0.25) is 0 Å². The summed E-state index contributed by atoms with van der Waals surface area (Å²) >= 11 is 0. The zero-order valence-corrected chi connectivity index (χ0v) is 16.6. The molecule has 0 spiro atoms. The normalized spacial score (nSPS) is 15.6. The van der Waals surface area contributed by atoms with Crippen LogP contribution >= 0.6 is 0 Å². The quantitative estimate of drug-likeness (QED) is 0.734. The van der Waals surface area contributed by atoms with Crippen LogP contribution in [-0.2, 0) is 0 Å². The van der Waals surface area contributed by atoms with Gasteiger partial charge in [0.15, 0.2) is 0 Å². The number of nitrogens with zero attached hydrogens (tertiary/aromatic N) is 2. The molecule has 0 amide bonds. The van der Waals surface area contributed by atoms with Gasteiger partial charge in [-0.15, -0.1) is 0 Å². The first-order chi connectivity index (χ1) is 12.7. The van der Waals surface area contributed by atoms with E-state index in [9.17, 15) is 4.79 Å². The predicted molar refractivity (Wildman–Crippen MR) is 113 cm³/mol. The molecule has 27 heavy (non-hydrogen) atoms. The highest BCUT2D eigenvalue weighted by atomic mass is 16.4. The Labute approximate surface area is 160 Å². The zero-order valence-electron chi connectivity index (χ0n) is 16.6. The number of anilines is 1. The molecule has 0 bridgehead atoms. The zero-order chi connectivity index (χ0) is 19.8. The van der Waals surface area contributed by atoms with Crippen LogP contribution in [0.5, 0.6) is 0 Å².